The van der Waals surface area contributed by atoms with Crippen molar-refractivity contribution < 1.29 is 14.5 Å². The Balaban J connectivity index is 2.87. The Labute approximate surface area is 102 Å². The zero-order valence-corrected chi connectivity index (χ0v) is 9.44. The normalized spacial score (nSPS) is 9.71. The number of rotatable bonds is 4. The second kappa shape index (κ2) is 5.90. The summed E-state index contributed by atoms with van der Waals surface area (Å²) >= 11 is 5.32. The van der Waals surface area contributed by atoms with Gasteiger partial charge in [-0.15, -0.1) is 11.6 Å². The molecule has 0 radical (unpaired) electrons. The highest BCUT2D eigenvalue weighted by Crippen LogP contribution is 2.30. The molecule has 7 nitrogen and oxygen atoms in total. The molecule has 1 amide bonds. The summed E-state index contributed by atoms with van der Waals surface area (Å²) in [6.45, 7) is 0.0174. The van der Waals surface area contributed by atoms with Crippen LogP contribution in [-0.4, -0.2) is 23.5 Å². The first-order valence-electron chi connectivity index (χ1n) is 4.59. The van der Waals surface area contributed by atoms with E-state index in [1.165, 1.54) is 18.2 Å². The summed E-state index contributed by atoms with van der Waals surface area (Å²) in [5.41, 5.74) is 5.02. The van der Waals surface area contributed by atoms with Gasteiger partial charge in [0.1, 0.15) is 18.0 Å². The topological polar surface area (TPSA) is 107 Å². The molecule has 0 fully saturated rings. The van der Waals surface area contributed by atoms with Gasteiger partial charge in [0.05, 0.1) is 10.8 Å². The Kier molecular flexibility index (Phi) is 4.53. The minimum atomic E-state index is -0.820. The minimum Gasteiger partial charge on any atom is -0.448 e. The average Bonchev–Trinajstić information content (AvgIpc) is 2.25. The molecule has 3 N–H and O–H groups in total. The summed E-state index contributed by atoms with van der Waals surface area (Å²) < 4.78 is 4.62. The Bertz CT molecular complexity index is 438. The van der Waals surface area contributed by atoms with Gasteiger partial charge in [-0.1, -0.05) is 6.07 Å². The van der Waals surface area contributed by atoms with E-state index in [2.05, 4.69) is 10.1 Å². The highest BCUT2D eigenvalue weighted by molar-refractivity contribution is 6.18. The van der Waals surface area contributed by atoms with Crippen molar-refractivity contribution in [1.29, 1.82) is 0 Å². The molecule has 0 atom stereocenters. The molecule has 1 rings (SSSR count). The van der Waals surface area contributed by atoms with Crippen LogP contribution in [-0.2, 0) is 4.74 Å². The molecule has 0 aliphatic rings. The van der Waals surface area contributed by atoms with Gasteiger partial charge in [-0.3, -0.25) is 15.4 Å². The number of alkyl halides is 1. The number of benzene rings is 1. The van der Waals surface area contributed by atoms with Gasteiger partial charge in [0.2, 0.25) is 0 Å². The van der Waals surface area contributed by atoms with E-state index < -0.39 is 11.0 Å². The van der Waals surface area contributed by atoms with Crippen LogP contribution in [0.1, 0.15) is 0 Å². The first-order chi connectivity index (χ1) is 8.06. The van der Waals surface area contributed by atoms with Crippen LogP contribution in [0.4, 0.5) is 21.9 Å². The molecular formula is C9H10ClN3O4. The maximum absolute atomic E-state index is 11.2. The fourth-order valence-electron chi connectivity index (χ4n) is 1.14. The van der Waals surface area contributed by atoms with Gasteiger partial charge in [-0.25, -0.2) is 4.79 Å². The zero-order valence-electron chi connectivity index (χ0n) is 8.68. The first-order valence-corrected chi connectivity index (χ1v) is 5.12. The van der Waals surface area contributed by atoms with Crippen molar-refractivity contribution in [2.24, 2.45) is 0 Å². The molecule has 0 aliphatic carbocycles. The van der Waals surface area contributed by atoms with E-state index in [1.807, 2.05) is 0 Å². The number of hydrogen-bond acceptors (Lipinski definition) is 5. The number of carbonyl (C=O) groups is 1. The fourth-order valence-corrected chi connectivity index (χ4v) is 1.22. The predicted octanol–water partition coefficient (Wildman–Crippen LogP) is 1.96. The van der Waals surface area contributed by atoms with E-state index in [-0.39, 0.29) is 29.5 Å². The molecule has 0 heterocycles. The molecule has 0 bridgehead atoms. The molecule has 1 aromatic carbocycles. The third-order valence-electron chi connectivity index (χ3n) is 1.80. The lowest BCUT2D eigenvalue weighted by atomic mass is 10.2. The molecule has 0 spiro atoms. The SMILES string of the molecule is Nc1cccc(NC(=O)OCCCl)c1[N+](=O)[O-]. The second-order valence-electron chi connectivity index (χ2n) is 2.95. The van der Waals surface area contributed by atoms with E-state index in [4.69, 9.17) is 17.3 Å². The molecular weight excluding hydrogens is 250 g/mol. The zero-order chi connectivity index (χ0) is 12.8. The Morgan fingerprint density at radius 1 is 1.59 bits per heavy atom. The number of ether oxygens (including phenoxy) is 1. The lowest BCUT2D eigenvalue weighted by Crippen LogP contribution is -2.16. The average molecular weight is 260 g/mol. The van der Waals surface area contributed by atoms with Gasteiger partial charge in [0.25, 0.3) is 0 Å². The van der Waals surface area contributed by atoms with Crippen molar-refractivity contribution in [2.45, 2.75) is 0 Å². The smallest absolute Gasteiger partial charge is 0.411 e. The second-order valence-corrected chi connectivity index (χ2v) is 3.33. The lowest BCUT2D eigenvalue weighted by Gasteiger charge is -2.07. The van der Waals surface area contributed by atoms with Crippen molar-refractivity contribution in [3.8, 4) is 0 Å². The van der Waals surface area contributed by atoms with Crippen LogP contribution in [0.25, 0.3) is 0 Å². The van der Waals surface area contributed by atoms with Crippen LogP contribution in [0.5, 0.6) is 0 Å². The molecule has 0 unspecified atom stereocenters. The standard InChI is InChI=1S/C9H10ClN3O4/c10-4-5-17-9(14)12-7-3-1-2-6(11)8(7)13(15)16/h1-3H,4-5,11H2,(H,12,14). The van der Waals surface area contributed by atoms with E-state index in [0.717, 1.165) is 0 Å². The first kappa shape index (κ1) is 13.0. The van der Waals surface area contributed by atoms with Crippen molar-refractivity contribution in [3.05, 3.63) is 28.3 Å². The molecule has 0 aliphatic heterocycles. The Morgan fingerprint density at radius 2 is 2.29 bits per heavy atom. The van der Waals surface area contributed by atoms with Crippen LogP contribution in [0.3, 0.4) is 0 Å². The molecule has 17 heavy (non-hydrogen) atoms. The molecule has 92 valence electrons. The van der Waals surface area contributed by atoms with E-state index >= 15 is 0 Å². The highest BCUT2D eigenvalue weighted by Gasteiger charge is 2.19. The van der Waals surface area contributed by atoms with Gasteiger partial charge in [-0.2, -0.15) is 0 Å². The van der Waals surface area contributed by atoms with Crippen molar-refractivity contribution >= 4 is 34.8 Å². The minimum absolute atomic E-state index is 0.0174. The van der Waals surface area contributed by atoms with Crippen LogP contribution in [0, 0.1) is 10.1 Å². The highest BCUT2D eigenvalue weighted by atomic mass is 35.5. The number of amides is 1. The quantitative estimate of drug-likeness (QED) is 0.372. The van der Waals surface area contributed by atoms with Crippen LogP contribution in [0.2, 0.25) is 0 Å². The van der Waals surface area contributed by atoms with Gasteiger partial charge in [-0.05, 0) is 12.1 Å². The van der Waals surface area contributed by atoms with Crippen LogP contribution < -0.4 is 11.1 Å². The van der Waals surface area contributed by atoms with Crippen molar-refractivity contribution in [2.75, 3.05) is 23.5 Å². The molecule has 0 saturated heterocycles. The maximum Gasteiger partial charge on any atom is 0.411 e. The van der Waals surface area contributed by atoms with Gasteiger partial charge < -0.3 is 10.5 Å². The van der Waals surface area contributed by atoms with E-state index in [0.29, 0.717) is 0 Å². The summed E-state index contributed by atoms with van der Waals surface area (Å²) in [6.07, 6.45) is -0.820. The third kappa shape index (κ3) is 3.49. The van der Waals surface area contributed by atoms with Gasteiger partial charge in [0.15, 0.2) is 0 Å². The number of hydrogen-bond donors (Lipinski definition) is 2. The third-order valence-corrected chi connectivity index (χ3v) is 1.95. The van der Waals surface area contributed by atoms with Crippen molar-refractivity contribution in [3.63, 3.8) is 0 Å². The maximum atomic E-state index is 11.2. The Morgan fingerprint density at radius 3 is 2.88 bits per heavy atom. The van der Waals surface area contributed by atoms with Crippen LogP contribution in [0.15, 0.2) is 18.2 Å². The summed E-state index contributed by atoms with van der Waals surface area (Å²) in [5.74, 6) is 0.145. The van der Waals surface area contributed by atoms with Gasteiger partial charge in [0, 0.05) is 0 Å². The number of para-hydroxylation sites is 1. The summed E-state index contributed by atoms with van der Waals surface area (Å²) in [5, 5.41) is 13.0. The monoisotopic (exact) mass is 259 g/mol. The van der Waals surface area contributed by atoms with E-state index in [9.17, 15) is 14.9 Å². The number of anilines is 2. The number of nitrogens with one attached hydrogen (secondary N) is 1. The predicted molar refractivity (Wildman–Crippen MR) is 63.2 cm³/mol. The molecule has 1 aromatic rings. The number of nitro benzene ring substituents is 1. The summed E-state index contributed by atoms with van der Waals surface area (Å²) in [6, 6.07) is 4.21. The van der Waals surface area contributed by atoms with E-state index in [1.54, 1.807) is 0 Å². The lowest BCUT2D eigenvalue weighted by molar-refractivity contribution is -0.383. The number of nitrogens with two attached hydrogens (primary N) is 1. The number of nitrogens with zero attached hydrogens (tertiary/aromatic N) is 1. The fraction of sp³-hybridized carbons (Fsp3) is 0.222. The van der Waals surface area contributed by atoms with Crippen LogP contribution >= 0.6 is 11.6 Å². The number of nitro groups is 1. The van der Waals surface area contributed by atoms with Crippen molar-refractivity contribution in [1.82, 2.24) is 0 Å². The number of nitrogen functional groups attached to an aromatic ring is 1. The summed E-state index contributed by atoms with van der Waals surface area (Å²) in [7, 11) is 0. The molecule has 0 aromatic heterocycles. The number of carbonyl (C=O) groups excluding carboxylic acids is 1. The summed E-state index contributed by atoms with van der Waals surface area (Å²) in [4.78, 5) is 21.3. The molecule has 0 saturated carbocycles. The molecule has 8 heteroatoms. The van der Waals surface area contributed by atoms with Gasteiger partial charge >= 0.3 is 11.8 Å². The largest absolute Gasteiger partial charge is 0.448 e. The number of halogens is 1. The Hall–Kier alpha value is -2.02.